The highest BCUT2D eigenvalue weighted by atomic mass is 19.1. The first-order valence-corrected chi connectivity index (χ1v) is 5.57. The Kier molecular flexibility index (Phi) is 3.66. The number of hydrogen-bond donors (Lipinski definition) is 1. The van der Waals surface area contributed by atoms with Gasteiger partial charge in [0, 0.05) is 0 Å². The summed E-state index contributed by atoms with van der Waals surface area (Å²) in [6, 6.07) is 2.41. The molecule has 1 aromatic carbocycles. The molecule has 0 spiro atoms. The Morgan fingerprint density at radius 2 is 2.22 bits per heavy atom. The zero-order valence-corrected chi connectivity index (χ0v) is 9.81. The molecule has 98 valence electrons. The second-order valence-electron chi connectivity index (χ2n) is 3.68. The minimum Gasteiger partial charge on any atom is -0.486 e. The Morgan fingerprint density at radius 3 is 2.94 bits per heavy atom. The van der Waals surface area contributed by atoms with Gasteiger partial charge < -0.3 is 19.3 Å². The first kappa shape index (κ1) is 12.6. The molecule has 1 aliphatic heterocycles. The largest absolute Gasteiger partial charge is 0.486 e. The van der Waals surface area contributed by atoms with E-state index in [1.807, 2.05) is 0 Å². The fourth-order valence-corrected chi connectivity index (χ4v) is 1.65. The van der Waals surface area contributed by atoms with E-state index in [0.29, 0.717) is 6.61 Å². The zero-order chi connectivity index (χ0) is 13.1. The number of esters is 1. The number of rotatable bonds is 3. The number of fused-ring (bicyclic) bond motifs is 1. The lowest BCUT2D eigenvalue weighted by Gasteiger charge is -2.20. The molecule has 0 bridgehead atoms. The fraction of sp³-hybridized carbons (Fsp3) is 0.417. The lowest BCUT2D eigenvalue weighted by atomic mass is 10.1. The van der Waals surface area contributed by atoms with Crippen molar-refractivity contribution in [2.45, 2.75) is 13.0 Å². The third kappa shape index (κ3) is 2.38. The van der Waals surface area contributed by atoms with Gasteiger partial charge in [-0.2, -0.15) is 0 Å². The number of aliphatic hydroxyl groups excluding tert-OH is 1. The Bertz CT molecular complexity index is 460. The number of ether oxygens (including phenoxy) is 3. The van der Waals surface area contributed by atoms with Gasteiger partial charge >= 0.3 is 5.97 Å². The molecule has 1 aliphatic rings. The quantitative estimate of drug-likeness (QED) is 0.823. The van der Waals surface area contributed by atoms with Crippen molar-refractivity contribution in [3.8, 4) is 11.5 Å². The van der Waals surface area contributed by atoms with Crippen LogP contribution in [0.25, 0.3) is 0 Å². The van der Waals surface area contributed by atoms with Crippen LogP contribution in [0.15, 0.2) is 12.1 Å². The molecule has 1 heterocycles. The van der Waals surface area contributed by atoms with Crippen LogP contribution in [0.3, 0.4) is 0 Å². The van der Waals surface area contributed by atoms with E-state index in [1.165, 1.54) is 6.07 Å². The molecule has 0 saturated heterocycles. The van der Waals surface area contributed by atoms with Gasteiger partial charge in [0.15, 0.2) is 23.4 Å². The zero-order valence-electron chi connectivity index (χ0n) is 9.81. The van der Waals surface area contributed by atoms with Gasteiger partial charge in [-0.15, -0.1) is 0 Å². The molecule has 0 aliphatic carbocycles. The average Bonchev–Trinajstić information content (AvgIpc) is 2.38. The summed E-state index contributed by atoms with van der Waals surface area (Å²) in [6.07, 6.45) is -1.53. The third-order valence-electron chi connectivity index (χ3n) is 2.44. The van der Waals surface area contributed by atoms with Crippen molar-refractivity contribution in [1.29, 1.82) is 0 Å². The molecule has 2 rings (SSSR count). The lowest BCUT2D eigenvalue weighted by molar-refractivity contribution is -0.153. The van der Waals surface area contributed by atoms with Crippen LogP contribution >= 0.6 is 0 Å². The normalized spacial score (nSPS) is 15.1. The van der Waals surface area contributed by atoms with Crippen molar-refractivity contribution in [3.63, 3.8) is 0 Å². The molecule has 1 atom stereocenters. The standard InChI is InChI=1S/C12H13FO5/c1-2-16-12(15)10(14)7-5-8(13)11-9(6-7)17-3-4-18-11/h5-6,10,14H,2-4H2,1H3. The van der Waals surface area contributed by atoms with Crippen LogP contribution in [0.5, 0.6) is 11.5 Å². The highest BCUT2D eigenvalue weighted by Gasteiger charge is 2.24. The molecule has 6 heteroatoms. The topological polar surface area (TPSA) is 65.0 Å². The highest BCUT2D eigenvalue weighted by Crippen LogP contribution is 2.35. The molecule has 1 N–H and O–H groups in total. The van der Waals surface area contributed by atoms with E-state index in [0.717, 1.165) is 6.07 Å². The Balaban J connectivity index is 2.29. The second kappa shape index (κ2) is 5.22. The van der Waals surface area contributed by atoms with Gasteiger partial charge in [0.2, 0.25) is 0 Å². The maximum Gasteiger partial charge on any atom is 0.339 e. The van der Waals surface area contributed by atoms with Crippen molar-refractivity contribution in [1.82, 2.24) is 0 Å². The van der Waals surface area contributed by atoms with Crippen LogP contribution in [0.4, 0.5) is 4.39 Å². The van der Waals surface area contributed by atoms with Crippen molar-refractivity contribution in [2.75, 3.05) is 19.8 Å². The van der Waals surface area contributed by atoms with Crippen LogP contribution in [0, 0.1) is 5.82 Å². The number of carbonyl (C=O) groups is 1. The number of halogens is 1. The summed E-state index contributed by atoms with van der Waals surface area (Å²) in [7, 11) is 0. The van der Waals surface area contributed by atoms with Gasteiger partial charge in [-0.3, -0.25) is 0 Å². The predicted molar refractivity (Wildman–Crippen MR) is 59.0 cm³/mol. The van der Waals surface area contributed by atoms with Gasteiger partial charge in [-0.05, 0) is 24.6 Å². The molecule has 1 unspecified atom stereocenters. The monoisotopic (exact) mass is 256 g/mol. The van der Waals surface area contributed by atoms with E-state index < -0.39 is 17.9 Å². The Labute approximate surface area is 103 Å². The van der Waals surface area contributed by atoms with Crippen LogP contribution in [0.1, 0.15) is 18.6 Å². The molecular formula is C12H13FO5. The van der Waals surface area contributed by atoms with E-state index in [2.05, 4.69) is 4.74 Å². The SMILES string of the molecule is CCOC(=O)C(O)c1cc(F)c2c(c1)OCCO2. The number of benzene rings is 1. The van der Waals surface area contributed by atoms with Gasteiger partial charge in [-0.1, -0.05) is 0 Å². The average molecular weight is 256 g/mol. The van der Waals surface area contributed by atoms with Gasteiger partial charge in [0.05, 0.1) is 6.61 Å². The van der Waals surface area contributed by atoms with E-state index in [1.54, 1.807) is 6.92 Å². The van der Waals surface area contributed by atoms with E-state index in [-0.39, 0.29) is 30.3 Å². The Hall–Kier alpha value is -1.82. The van der Waals surface area contributed by atoms with Gasteiger partial charge in [0.25, 0.3) is 0 Å². The maximum absolute atomic E-state index is 13.7. The minimum atomic E-state index is -1.53. The predicted octanol–water partition coefficient (Wildman–Crippen LogP) is 1.19. The summed E-state index contributed by atoms with van der Waals surface area (Å²) in [5.74, 6) is -1.32. The minimum absolute atomic E-state index is 0.000980. The third-order valence-corrected chi connectivity index (χ3v) is 2.44. The van der Waals surface area contributed by atoms with Crippen molar-refractivity contribution in [2.24, 2.45) is 0 Å². The van der Waals surface area contributed by atoms with Gasteiger partial charge in [-0.25, -0.2) is 9.18 Å². The first-order valence-electron chi connectivity index (χ1n) is 5.57. The molecule has 18 heavy (non-hydrogen) atoms. The van der Waals surface area contributed by atoms with Gasteiger partial charge in [0.1, 0.15) is 13.2 Å². The van der Waals surface area contributed by atoms with E-state index in [4.69, 9.17) is 9.47 Å². The second-order valence-corrected chi connectivity index (χ2v) is 3.68. The summed E-state index contributed by atoms with van der Waals surface area (Å²) in [5, 5.41) is 9.71. The summed E-state index contributed by atoms with van der Waals surface area (Å²) in [5.41, 5.74) is 0.0789. The molecule has 0 amide bonds. The molecular weight excluding hydrogens is 243 g/mol. The van der Waals surface area contributed by atoms with E-state index >= 15 is 0 Å². The number of hydrogen-bond acceptors (Lipinski definition) is 5. The number of carbonyl (C=O) groups excluding carboxylic acids is 1. The molecule has 0 aromatic heterocycles. The summed E-state index contributed by atoms with van der Waals surface area (Å²) < 4.78 is 28.6. The first-order chi connectivity index (χ1) is 8.63. The molecule has 0 saturated carbocycles. The van der Waals surface area contributed by atoms with Crippen LogP contribution in [-0.2, 0) is 9.53 Å². The van der Waals surface area contributed by atoms with Crippen molar-refractivity contribution >= 4 is 5.97 Å². The maximum atomic E-state index is 13.7. The summed E-state index contributed by atoms with van der Waals surface area (Å²) in [4.78, 5) is 11.4. The van der Waals surface area contributed by atoms with E-state index in [9.17, 15) is 14.3 Å². The van der Waals surface area contributed by atoms with Crippen molar-refractivity contribution in [3.05, 3.63) is 23.5 Å². The van der Waals surface area contributed by atoms with Crippen LogP contribution < -0.4 is 9.47 Å². The number of aliphatic hydroxyl groups is 1. The smallest absolute Gasteiger partial charge is 0.339 e. The van der Waals surface area contributed by atoms with Crippen LogP contribution in [0.2, 0.25) is 0 Å². The fourth-order valence-electron chi connectivity index (χ4n) is 1.65. The lowest BCUT2D eigenvalue weighted by Crippen LogP contribution is -2.19. The molecule has 1 aromatic rings. The van der Waals surface area contributed by atoms with Crippen LogP contribution in [-0.4, -0.2) is 30.9 Å². The highest BCUT2D eigenvalue weighted by molar-refractivity contribution is 5.76. The van der Waals surface area contributed by atoms with Crippen molar-refractivity contribution < 1.29 is 28.5 Å². The molecule has 0 radical (unpaired) electrons. The molecule has 5 nitrogen and oxygen atoms in total. The summed E-state index contributed by atoms with van der Waals surface area (Å²) in [6.45, 7) is 2.33. The molecule has 0 fully saturated rings. The summed E-state index contributed by atoms with van der Waals surface area (Å²) >= 11 is 0. The Morgan fingerprint density at radius 1 is 1.50 bits per heavy atom.